The lowest BCUT2D eigenvalue weighted by Gasteiger charge is -2.25. The summed E-state index contributed by atoms with van der Waals surface area (Å²) < 4.78 is 30.9. The van der Waals surface area contributed by atoms with E-state index in [0.29, 0.717) is 11.5 Å². The van der Waals surface area contributed by atoms with Gasteiger partial charge < -0.3 is 18.8 Å². The Bertz CT molecular complexity index is 1290. The SMILES string of the molecule is CCOC(=O)[C@H](Cc1c[nH]c2ccccc12)NP(=O)(Oc1ccccc1)Oc1ccc(C)cc1. The third kappa shape index (κ3) is 5.87. The molecule has 0 amide bonds. The first-order valence-electron chi connectivity index (χ1n) is 11.1. The standard InChI is InChI=1S/C26H27N2O5P/c1-3-31-26(29)25(17-20-18-27-24-12-8-7-11-23(20)24)28-34(30,32-21-9-5-4-6-10-21)33-22-15-13-19(2)14-16-22/h4-16,18,25,27H,3,17H2,1-2H3,(H,28,30)/t25-,34?/m0/s1. The second kappa shape index (κ2) is 10.6. The highest BCUT2D eigenvalue weighted by Crippen LogP contribution is 2.45. The van der Waals surface area contributed by atoms with Crippen LogP contribution >= 0.6 is 7.75 Å². The molecule has 2 N–H and O–H groups in total. The molecule has 0 saturated carbocycles. The van der Waals surface area contributed by atoms with Crippen LogP contribution in [0.5, 0.6) is 11.5 Å². The number of rotatable bonds is 10. The van der Waals surface area contributed by atoms with E-state index in [-0.39, 0.29) is 13.0 Å². The summed E-state index contributed by atoms with van der Waals surface area (Å²) in [6, 6.07) is 22.6. The van der Waals surface area contributed by atoms with Gasteiger partial charge in [0.1, 0.15) is 17.5 Å². The van der Waals surface area contributed by atoms with E-state index < -0.39 is 19.8 Å². The number of H-pyrrole nitrogens is 1. The number of aryl methyl sites for hydroxylation is 1. The van der Waals surface area contributed by atoms with Gasteiger partial charge in [-0.05, 0) is 49.7 Å². The van der Waals surface area contributed by atoms with Gasteiger partial charge in [0.05, 0.1) is 6.61 Å². The van der Waals surface area contributed by atoms with Crippen LogP contribution in [0.15, 0.2) is 85.1 Å². The zero-order valence-electron chi connectivity index (χ0n) is 19.1. The monoisotopic (exact) mass is 478 g/mol. The van der Waals surface area contributed by atoms with Gasteiger partial charge in [0, 0.05) is 23.5 Å². The maximum atomic E-state index is 14.0. The summed E-state index contributed by atoms with van der Waals surface area (Å²) in [5.41, 5.74) is 2.85. The van der Waals surface area contributed by atoms with E-state index >= 15 is 0 Å². The number of fused-ring (bicyclic) bond motifs is 1. The lowest BCUT2D eigenvalue weighted by molar-refractivity contribution is -0.145. The van der Waals surface area contributed by atoms with Gasteiger partial charge in [-0.25, -0.2) is 4.57 Å². The molecule has 4 rings (SSSR count). The van der Waals surface area contributed by atoms with Gasteiger partial charge >= 0.3 is 13.7 Å². The molecule has 1 aromatic heterocycles. The molecule has 3 aromatic carbocycles. The van der Waals surface area contributed by atoms with Crippen LogP contribution in [0, 0.1) is 6.92 Å². The molecule has 7 nitrogen and oxygen atoms in total. The fourth-order valence-corrected chi connectivity index (χ4v) is 5.08. The van der Waals surface area contributed by atoms with Crippen LogP contribution < -0.4 is 14.1 Å². The number of hydrogen-bond donors (Lipinski definition) is 2. The van der Waals surface area contributed by atoms with Crippen LogP contribution in [0.1, 0.15) is 18.1 Å². The van der Waals surface area contributed by atoms with Crippen molar-refractivity contribution in [1.82, 2.24) is 10.1 Å². The van der Waals surface area contributed by atoms with Crippen molar-refractivity contribution in [1.29, 1.82) is 0 Å². The first kappa shape index (κ1) is 23.6. The molecule has 0 aliphatic carbocycles. The Labute approximate surface area is 198 Å². The van der Waals surface area contributed by atoms with Crippen molar-refractivity contribution < 1.29 is 23.1 Å². The quantitative estimate of drug-likeness (QED) is 0.221. The Balaban J connectivity index is 1.65. The topological polar surface area (TPSA) is 89.7 Å². The third-order valence-electron chi connectivity index (χ3n) is 5.20. The van der Waals surface area contributed by atoms with Gasteiger partial charge in [-0.15, -0.1) is 0 Å². The normalized spacial score (nSPS) is 13.7. The molecular weight excluding hydrogens is 451 g/mol. The van der Waals surface area contributed by atoms with Crippen LogP contribution in [0.4, 0.5) is 0 Å². The molecular formula is C26H27N2O5P. The van der Waals surface area contributed by atoms with Gasteiger partial charge in [-0.3, -0.25) is 4.79 Å². The molecule has 0 fully saturated rings. The summed E-state index contributed by atoms with van der Waals surface area (Å²) in [6.07, 6.45) is 2.06. The average Bonchev–Trinajstić information content (AvgIpc) is 3.24. The number of carbonyl (C=O) groups is 1. The van der Waals surface area contributed by atoms with E-state index in [9.17, 15) is 9.36 Å². The number of carbonyl (C=O) groups excluding carboxylic acids is 1. The van der Waals surface area contributed by atoms with E-state index in [1.807, 2.05) is 55.6 Å². The number of esters is 1. The summed E-state index contributed by atoms with van der Waals surface area (Å²) in [5, 5.41) is 3.82. The predicted molar refractivity (Wildman–Crippen MR) is 132 cm³/mol. The summed E-state index contributed by atoms with van der Waals surface area (Å²) in [7, 11) is -4.05. The zero-order chi connectivity index (χ0) is 24.0. The van der Waals surface area contributed by atoms with E-state index in [1.54, 1.807) is 43.3 Å². The van der Waals surface area contributed by atoms with E-state index in [2.05, 4.69) is 10.1 Å². The van der Waals surface area contributed by atoms with Crippen molar-refractivity contribution in [3.8, 4) is 11.5 Å². The molecule has 0 saturated heterocycles. The largest absolute Gasteiger partial charge is 0.513 e. The van der Waals surface area contributed by atoms with Crippen LogP contribution in [-0.2, 0) is 20.5 Å². The molecule has 0 radical (unpaired) electrons. The average molecular weight is 478 g/mol. The molecule has 0 aliphatic rings. The van der Waals surface area contributed by atoms with Gasteiger partial charge in [-0.2, -0.15) is 5.09 Å². The predicted octanol–water partition coefficient (Wildman–Crippen LogP) is 5.81. The molecule has 8 heteroatoms. The second-order valence-electron chi connectivity index (χ2n) is 7.80. The van der Waals surface area contributed by atoms with Crippen molar-refractivity contribution in [2.75, 3.05) is 6.61 Å². The zero-order valence-corrected chi connectivity index (χ0v) is 20.0. The minimum absolute atomic E-state index is 0.188. The van der Waals surface area contributed by atoms with Crippen LogP contribution in [-0.4, -0.2) is 23.6 Å². The van der Waals surface area contributed by atoms with Crippen molar-refractivity contribution in [2.45, 2.75) is 26.3 Å². The van der Waals surface area contributed by atoms with Crippen molar-refractivity contribution >= 4 is 24.6 Å². The molecule has 1 heterocycles. The minimum Gasteiger partial charge on any atom is -0.465 e. The van der Waals surface area contributed by atoms with Gasteiger partial charge in [0.25, 0.3) is 0 Å². The number of aromatic amines is 1. The Kier molecular flexibility index (Phi) is 7.36. The first-order valence-corrected chi connectivity index (χ1v) is 12.6. The Morgan fingerprint density at radius 1 is 0.941 bits per heavy atom. The molecule has 34 heavy (non-hydrogen) atoms. The highest BCUT2D eigenvalue weighted by atomic mass is 31.2. The molecule has 0 aliphatic heterocycles. The molecule has 0 bridgehead atoms. The van der Waals surface area contributed by atoms with Crippen LogP contribution in [0.2, 0.25) is 0 Å². The molecule has 1 unspecified atom stereocenters. The second-order valence-corrected chi connectivity index (χ2v) is 9.42. The fourth-order valence-electron chi connectivity index (χ4n) is 3.57. The third-order valence-corrected chi connectivity index (χ3v) is 6.73. The number of para-hydroxylation sites is 2. The van der Waals surface area contributed by atoms with E-state index in [4.69, 9.17) is 13.8 Å². The molecule has 2 atom stereocenters. The number of benzene rings is 3. The molecule has 176 valence electrons. The Morgan fingerprint density at radius 3 is 2.29 bits per heavy atom. The number of nitrogens with one attached hydrogen (secondary N) is 2. The van der Waals surface area contributed by atoms with Crippen LogP contribution in [0.25, 0.3) is 10.9 Å². The van der Waals surface area contributed by atoms with Gasteiger partial charge in [-0.1, -0.05) is 54.1 Å². The smallest absolute Gasteiger partial charge is 0.465 e. The highest BCUT2D eigenvalue weighted by molar-refractivity contribution is 7.52. The van der Waals surface area contributed by atoms with Gasteiger partial charge in [0.15, 0.2) is 0 Å². The maximum absolute atomic E-state index is 14.0. The van der Waals surface area contributed by atoms with Crippen molar-refractivity contribution in [2.24, 2.45) is 0 Å². The fraction of sp³-hybridized carbons (Fsp3) is 0.192. The summed E-state index contributed by atoms with van der Waals surface area (Å²) in [4.78, 5) is 16.1. The first-order chi connectivity index (χ1) is 16.5. The summed E-state index contributed by atoms with van der Waals surface area (Å²) >= 11 is 0. The van der Waals surface area contributed by atoms with E-state index in [0.717, 1.165) is 22.0 Å². The highest BCUT2D eigenvalue weighted by Gasteiger charge is 2.36. The molecule has 0 spiro atoms. The molecule has 4 aromatic rings. The van der Waals surface area contributed by atoms with E-state index in [1.165, 1.54) is 0 Å². The van der Waals surface area contributed by atoms with Gasteiger partial charge in [0.2, 0.25) is 0 Å². The van der Waals surface area contributed by atoms with Crippen LogP contribution in [0.3, 0.4) is 0 Å². The number of hydrogen-bond acceptors (Lipinski definition) is 5. The number of ether oxygens (including phenoxy) is 1. The Morgan fingerprint density at radius 2 is 1.59 bits per heavy atom. The van der Waals surface area contributed by atoms with Crippen molar-refractivity contribution in [3.63, 3.8) is 0 Å². The Hall–Kier alpha value is -3.54. The number of aromatic nitrogens is 1. The lowest BCUT2D eigenvalue weighted by Crippen LogP contribution is -2.40. The van der Waals surface area contributed by atoms with Crippen molar-refractivity contribution in [3.05, 3.63) is 96.2 Å². The lowest BCUT2D eigenvalue weighted by atomic mass is 10.1. The minimum atomic E-state index is -4.05. The maximum Gasteiger partial charge on any atom is 0.513 e. The summed E-state index contributed by atoms with van der Waals surface area (Å²) in [5.74, 6) is 0.157. The summed E-state index contributed by atoms with van der Waals surface area (Å²) in [6.45, 7) is 3.86.